The lowest BCUT2D eigenvalue weighted by Gasteiger charge is -2.33. The summed E-state index contributed by atoms with van der Waals surface area (Å²) in [5.41, 5.74) is 0. The highest BCUT2D eigenvalue weighted by atomic mass is 16.5. The van der Waals surface area contributed by atoms with Crippen molar-refractivity contribution in [2.45, 2.75) is 58.5 Å². The Balaban J connectivity index is 2.27. The Kier molecular flexibility index (Phi) is 8.12. The van der Waals surface area contributed by atoms with E-state index < -0.39 is 6.09 Å². The number of ether oxygens (including phenoxy) is 1. The lowest BCUT2D eigenvalue weighted by molar-refractivity contribution is -0.132. The maximum absolute atomic E-state index is 12.2. The van der Waals surface area contributed by atoms with Crippen LogP contribution < -0.4 is 10.6 Å². The van der Waals surface area contributed by atoms with E-state index in [1.54, 1.807) is 6.92 Å². The Morgan fingerprint density at radius 3 is 2.81 bits per heavy atom. The Labute approximate surface area is 127 Å². The van der Waals surface area contributed by atoms with Crippen molar-refractivity contribution in [3.63, 3.8) is 0 Å². The zero-order chi connectivity index (χ0) is 15.7. The van der Waals surface area contributed by atoms with Gasteiger partial charge in [0.15, 0.2) is 0 Å². The first-order chi connectivity index (χ1) is 10.0. The molecule has 1 fully saturated rings. The summed E-state index contributed by atoms with van der Waals surface area (Å²) < 4.78 is 4.88. The van der Waals surface area contributed by atoms with E-state index >= 15 is 0 Å². The Morgan fingerprint density at radius 1 is 1.38 bits per heavy atom. The number of carbonyl (C=O) groups is 2. The topological polar surface area (TPSA) is 70.7 Å². The lowest BCUT2D eigenvalue weighted by Crippen LogP contribution is -2.49. The van der Waals surface area contributed by atoms with Gasteiger partial charge in [0.1, 0.15) is 0 Å². The zero-order valence-electron chi connectivity index (χ0n) is 13.5. The summed E-state index contributed by atoms with van der Waals surface area (Å²) in [6.45, 7) is 8.58. The summed E-state index contributed by atoms with van der Waals surface area (Å²) in [6.07, 6.45) is 2.85. The van der Waals surface area contributed by atoms with Crippen LogP contribution >= 0.6 is 0 Å². The van der Waals surface area contributed by atoms with E-state index in [0.29, 0.717) is 25.6 Å². The molecule has 6 nitrogen and oxygen atoms in total. The number of carbonyl (C=O) groups excluding carboxylic acids is 2. The van der Waals surface area contributed by atoms with Crippen LogP contribution in [0.5, 0.6) is 0 Å². The molecule has 0 spiro atoms. The van der Waals surface area contributed by atoms with Gasteiger partial charge in [0.2, 0.25) is 5.91 Å². The normalized spacial score (nSPS) is 18.7. The van der Waals surface area contributed by atoms with Crippen LogP contribution in [0.3, 0.4) is 0 Å². The molecule has 1 unspecified atom stereocenters. The molecule has 0 bridgehead atoms. The number of amides is 2. The molecule has 1 aliphatic heterocycles. The van der Waals surface area contributed by atoms with Gasteiger partial charge < -0.3 is 20.3 Å². The van der Waals surface area contributed by atoms with Gasteiger partial charge in [-0.15, -0.1) is 0 Å². The average Bonchev–Trinajstić information content (AvgIpc) is 2.43. The highest BCUT2D eigenvalue weighted by molar-refractivity contribution is 5.76. The van der Waals surface area contributed by atoms with E-state index in [1.807, 2.05) is 4.90 Å². The van der Waals surface area contributed by atoms with E-state index in [2.05, 4.69) is 24.5 Å². The monoisotopic (exact) mass is 299 g/mol. The van der Waals surface area contributed by atoms with E-state index in [4.69, 9.17) is 4.74 Å². The largest absolute Gasteiger partial charge is 0.450 e. The fraction of sp³-hybridized carbons (Fsp3) is 0.867. The molecule has 1 heterocycles. The Bertz CT molecular complexity index is 334. The predicted molar refractivity (Wildman–Crippen MR) is 82.1 cm³/mol. The van der Waals surface area contributed by atoms with Crippen molar-refractivity contribution in [3.8, 4) is 0 Å². The molecule has 0 aliphatic carbocycles. The Hall–Kier alpha value is -1.30. The molecular weight excluding hydrogens is 270 g/mol. The first-order valence-electron chi connectivity index (χ1n) is 7.97. The second-order valence-electron chi connectivity index (χ2n) is 5.76. The maximum atomic E-state index is 12.2. The molecule has 21 heavy (non-hydrogen) atoms. The summed E-state index contributed by atoms with van der Waals surface area (Å²) >= 11 is 0. The highest BCUT2D eigenvalue weighted by Gasteiger charge is 2.24. The molecule has 2 amide bonds. The molecule has 0 aromatic heterocycles. The van der Waals surface area contributed by atoms with Crippen LogP contribution in [0.25, 0.3) is 0 Å². The van der Waals surface area contributed by atoms with E-state index in [1.165, 1.54) is 0 Å². The van der Waals surface area contributed by atoms with Crippen LogP contribution in [0, 0.1) is 0 Å². The van der Waals surface area contributed by atoms with Crippen molar-refractivity contribution in [1.82, 2.24) is 15.5 Å². The molecule has 0 aromatic carbocycles. The summed E-state index contributed by atoms with van der Waals surface area (Å²) in [5.74, 6) is 0.177. The van der Waals surface area contributed by atoms with Gasteiger partial charge in [-0.3, -0.25) is 4.79 Å². The summed E-state index contributed by atoms with van der Waals surface area (Å²) in [6, 6.07) is 0.462. The molecular formula is C15H29N3O3. The van der Waals surface area contributed by atoms with Crippen molar-refractivity contribution in [2.24, 2.45) is 0 Å². The minimum Gasteiger partial charge on any atom is -0.450 e. The molecule has 1 aliphatic rings. The average molecular weight is 299 g/mol. The third-order valence-electron chi connectivity index (χ3n) is 3.49. The second kappa shape index (κ2) is 9.60. The summed E-state index contributed by atoms with van der Waals surface area (Å²) in [7, 11) is 0. The van der Waals surface area contributed by atoms with Gasteiger partial charge in [-0.2, -0.15) is 0 Å². The van der Waals surface area contributed by atoms with Crippen LogP contribution in [0.15, 0.2) is 0 Å². The highest BCUT2D eigenvalue weighted by Crippen LogP contribution is 2.12. The van der Waals surface area contributed by atoms with Crippen molar-refractivity contribution in [1.29, 1.82) is 0 Å². The third-order valence-corrected chi connectivity index (χ3v) is 3.49. The quantitative estimate of drug-likeness (QED) is 0.699. The molecule has 1 rings (SSSR count). The minimum absolute atomic E-state index is 0.00976. The number of rotatable bonds is 7. The molecule has 1 atom stereocenters. The van der Waals surface area contributed by atoms with Crippen LogP contribution in [0.2, 0.25) is 0 Å². The first-order valence-corrected chi connectivity index (χ1v) is 7.97. The predicted octanol–water partition coefficient (Wildman–Crippen LogP) is 1.50. The number of nitrogens with zero attached hydrogens (tertiary/aromatic N) is 1. The van der Waals surface area contributed by atoms with E-state index in [0.717, 1.165) is 32.4 Å². The number of likely N-dealkylation sites (tertiary alicyclic amines) is 1. The smallest absolute Gasteiger partial charge is 0.407 e. The standard InChI is InChI=1S/C15H29N3O3/c1-4-21-15(20)17-13-7-6-10-18(11-13)14(19)8-5-9-16-12(2)3/h12-13,16H,4-11H2,1-3H3,(H,17,20). The number of alkyl carbamates (subject to hydrolysis) is 1. The van der Waals surface area contributed by atoms with E-state index in [-0.39, 0.29) is 11.9 Å². The third kappa shape index (κ3) is 7.32. The van der Waals surface area contributed by atoms with Crippen molar-refractivity contribution < 1.29 is 14.3 Å². The SMILES string of the molecule is CCOC(=O)NC1CCCN(C(=O)CCCNC(C)C)C1. The van der Waals surface area contributed by atoms with Gasteiger partial charge in [-0.05, 0) is 32.7 Å². The lowest BCUT2D eigenvalue weighted by atomic mass is 10.1. The van der Waals surface area contributed by atoms with Crippen LogP contribution in [0.1, 0.15) is 46.5 Å². The number of nitrogens with one attached hydrogen (secondary N) is 2. The van der Waals surface area contributed by atoms with Crippen LogP contribution in [-0.4, -0.2) is 55.2 Å². The molecule has 6 heteroatoms. The molecule has 0 radical (unpaired) electrons. The van der Waals surface area contributed by atoms with Crippen LogP contribution in [0.4, 0.5) is 4.79 Å². The fourth-order valence-corrected chi connectivity index (χ4v) is 2.45. The number of piperidine rings is 1. The first kappa shape index (κ1) is 17.8. The number of hydrogen-bond acceptors (Lipinski definition) is 4. The van der Waals surface area contributed by atoms with E-state index in [9.17, 15) is 9.59 Å². The summed E-state index contributed by atoms with van der Waals surface area (Å²) in [4.78, 5) is 25.4. The van der Waals surface area contributed by atoms with Crippen molar-refractivity contribution in [3.05, 3.63) is 0 Å². The summed E-state index contributed by atoms with van der Waals surface area (Å²) in [5, 5.41) is 6.13. The van der Waals surface area contributed by atoms with Gasteiger partial charge >= 0.3 is 6.09 Å². The zero-order valence-corrected chi connectivity index (χ0v) is 13.5. The minimum atomic E-state index is -0.391. The Morgan fingerprint density at radius 2 is 2.14 bits per heavy atom. The molecule has 0 saturated carbocycles. The second-order valence-corrected chi connectivity index (χ2v) is 5.76. The van der Waals surface area contributed by atoms with Gasteiger partial charge in [0.05, 0.1) is 6.61 Å². The van der Waals surface area contributed by atoms with Gasteiger partial charge in [-0.1, -0.05) is 13.8 Å². The van der Waals surface area contributed by atoms with Crippen molar-refractivity contribution >= 4 is 12.0 Å². The van der Waals surface area contributed by atoms with Crippen LogP contribution in [-0.2, 0) is 9.53 Å². The molecule has 0 aromatic rings. The number of hydrogen-bond donors (Lipinski definition) is 2. The van der Waals surface area contributed by atoms with Gasteiger partial charge in [0, 0.05) is 31.6 Å². The molecule has 1 saturated heterocycles. The maximum Gasteiger partial charge on any atom is 0.407 e. The van der Waals surface area contributed by atoms with Gasteiger partial charge in [-0.25, -0.2) is 4.79 Å². The molecule has 2 N–H and O–H groups in total. The molecule has 122 valence electrons. The van der Waals surface area contributed by atoms with Gasteiger partial charge in [0.25, 0.3) is 0 Å². The fourth-order valence-electron chi connectivity index (χ4n) is 2.45. The van der Waals surface area contributed by atoms with Crippen molar-refractivity contribution in [2.75, 3.05) is 26.2 Å².